The highest BCUT2D eigenvalue weighted by Gasteiger charge is 2.14. The number of benzene rings is 1. The number of carbonyl (C=O) groups is 1. The molecular formula is C17H26N2O. The lowest BCUT2D eigenvalue weighted by Gasteiger charge is -2.22. The molecule has 1 aliphatic heterocycles. The lowest BCUT2D eigenvalue weighted by molar-refractivity contribution is -0.116. The minimum absolute atomic E-state index is 0.159. The molecule has 1 amide bonds. The summed E-state index contributed by atoms with van der Waals surface area (Å²) in [6, 6.07) is 8.14. The van der Waals surface area contributed by atoms with Crippen molar-refractivity contribution in [3.05, 3.63) is 29.8 Å². The molecule has 0 bridgehead atoms. The first-order valence-electron chi connectivity index (χ1n) is 7.88. The van der Waals surface area contributed by atoms with Crippen molar-refractivity contribution in [2.24, 2.45) is 5.92 Å². The summed E-state index contributed by atoms with van der Waals surface area (Å²) in [5.41, 5.74) is 2.23. The van der Waals surface area contributed by atoms with Crippen LogP contribution in [-0.2, 0) is 11.2 Å². The SMILES string of the molecule is CCCc1ccccc1NC(=O)CCC1CCNCC1. The Morgan fingerprint density at radius 2 is 2.05 bits per heavy atom. The fourth-order valence-corrected chi connectivity index (χ4v) is 2.85. The van der Waals surface area contributed by atoms with Crippen LogP contribution in [0.3, 0.4) is 0 Å². The highest BCUT2D eigenvalue weighted by Crippen LogP contribution is 2.20. The molecule has 1 heterocycles. The molecule has 0 unspecified atom stereocenters. The normalized spacial score (nSPS) is 16.1. The van der Waals surface area contributed by atoms with Crippen LogP contribution in [0.5, 0.6) is 0 Å². The maximum atomic E-state index is 12.1. The third kappa shape index (κ3) is 4.64. The number of nitrogens with one attached hydrogen (secondary N) is 2. The van der Waals surface area contributed by atoms with Crippen molar-refractivity contribution in [2.75, 3.05) is 18.4 Å². The zero-order valence-corrected chi connectivity index (χ0v) is 12.5. The lowest BCUT2D eigenvalue weighted by atomic mass is 9.93. The molecule has 0 saturated carbocycles. The second-order valence-electron chi connectivity index (χ2n) is 5.69. The van der Waals surface area contributed by atoms with E-state index in [4.69, 9.17) is 0 Å². The van der Waals surface area contributed by atoms with Crippen LogP contribution in [0.1, 0.15) is 44.6 Å². The van der Waals surface area contributed by atoms with Crippen molar-refractivity contribution in [2.45, 2.75) is 45.4 Å². The van der Waals surface area contributed by atoms with Crippen LogP contribution in [0.4, 0.5) is 5.69 Å². The molecule has 0 aromatic heterocycles. The van der Waals surface area contributed by atoms with Gasteiger partial charge < -0.3 is 10.6 Å². The topological polar surface area (TPSA) is 41.1 Å². The molecule has 0 spiro atoms. The van der Waals surface area contributed by atoms with Gasteiger partial charge in [-0.3, -0.25) is 4.79 Å². The van der Waals surface area contributed by atoms with E-state index in [0.29, 0.717) is 12.3 Å². The van der Waals surface area contributed by atoms with E-state index in [1.165, 1.54) is 18.4 Å². The molecule has 0 aliphatic carbocycles. The van der Waals surface area contributed by atoms with E-state index >= 15 is 0 Å². The van der Waals surface area contributed by atoms with Gasteiger partial charge in [-0.05, 0) is 56.3 Å². The average Bonchev–Trinajstić information content (AvgIpc) is 2.49. The number of para-hydroxylation sites is 1. The molecule has 20 heavy (non-hydrogen) atoms. The van der Waals surface area contributed by atoms with E-state index in [0.717, 1.165) is 38.0 Å². The third-order valence-corrected chi connectivity index (χ3v) is 4.05. The Kier molecular flexibility index (Phi) is 6.06. The molecule has 2 rings (SSSR count). The van der Waals surface area contributed by atoms with E-state index in [-0.39, 0.29) is 5.91 Å². The van der Waals surface area contributed by atoms with Gasteiger partial charge in [-0.15, -0.1) is 0 Å². The first kappa shape index (κ1) is 15.0. The first-order valence-corrected chi connectivity index (χ1v) is 7.88. The zero-order valence-electron chi connectivity index (χ0n) is 12.5. The Morgan fingerprint density at radius 1 is 1.30 bits per heavy atom. The zero-order chi connectivity index (χ0) is 14.2. The summed E-state index contributed by atoms with van der Waals surface area (Å²) in [5, 5.41) is 6.44. The molecule has 1 aromatic rings. The molecular weight excluding hydrogens is 248 g/mol. The fourth-order valence-electron chi connectivity index (χ4n) is 2.85. The molecule has 1 saturated heterocycles. The highest BCUT2D eigenvalue weighted by atomic mass is 16.1. The number of amides is 1. The molecule has 0 radical (unpaired) electrons. The first-order chi connectivity index (χ1) is 9.79. The van der Waals surface area contributed by atoms with Gasteiger partial charge in [0, 0.05) is 12.1 Å². The van der Waals surface area contributed by atoms with Crippen LogP contribution < -0.4 is 10.6 Å². The number of hydrogen-bond acceptors (Lipinski definition) is 2. The third-order valence-electron chi connectivity index (χ3n) is 4.05. The largest absolute Gasteiger partial charge is 0.326 e. The van der Waals surface area contributed by atoms with Gasteiger partial charge in [0.2, 0.25) is 5.91 Å². The summed E-state index contributed by atoms with van der Waals surface area (Å²) in [5.74, 6) is 0.875. The Hall–Kier alpha value is -1.35. The highest BCUT2D eigenvalue weighted by molar-refractivity contribution is 5.91. The average molecular weight is 274 g/mol. The minimum atomic E-state index is 0.159. The predicted molar refractivity (Wildman–Crippen MR) is 83.9 cm³/mol. The Labute approximate surface area is 122 Å². The van der Waals surface area contributed by atoms with Crippen LogP contribution in [0.2, 0.25) is 0 Å². The molecule has 2 N–H and O–H groups in total. The number of aryl methyl sites for hydroxylation is 1. The van der Waals surface area contributed by atoms with Gasteiger partial charge in [-0.2, -0.15) is 0 Å². The van der Waals surface area contributed by atoms with Crippen LogP contribution >= 0.6 is 0 Å². The van der Waals surface area contributed by atoms with E-state index < -0.39 is 0 Å². The van der Waals surface area contributed by atoms with Crippen molar-refractivity contribution in [1.29, 1.82) is 0 Å². The van der Waals surface area contributed by atoms with Crippen molar-refractivity contribution in [1.82, 2.24) is 5.32 Å². The van der Waals surface area contributed by atoms with Gasteiger partial charge in [0.05, 0.1) is 0 Å². The number of carbonyl (C=O) groups excluding carboxylic acids is 1. The van der Waals surface area contributed by atoms with Gasteiger partial charge in [0.25, 0.3) is 0 Å². The van der Waals surface area contributed by atoms with E-state index in [1.807, 2.05) is 18.2 Å². The van der Waals surface area contributed by atoms with Crippen LogP contribution in [-0.4, -0.2) is 19.0 Å². The Morgan fingerprint density at radius 3 is 2.80 bits per heavy atom. The van der Waals surface area contributed by atoms with Gasteiger partial charge in [-0.1, -0.05) is 31.5 Å². The molecule has 1 aliphatic rings. The van der Waals surface area contributed by atoms with Crippen LogP contribution in [0.15, 0.2) is 24.3 Å². The predicted octanol–water partition coefficient (Wildman–Crippen LogP) is 3.36. The second kappa shape index (κ2) is 8.05. The summed E-state index contributed by atoms with van der Waals surface area (Å²) in [7, 11) is 0. The summed E-state index contributed by atoms with van der Waals surface area (Å²) >= 11 is 0. The van der Waals surface area contributed by atoms with E-state index in [2.05, 4.69) is 23.6 Å². The summed E-state index contributed by atoms with van der Waals surface area (Å²) in [4.78, 5) is 12.1. The van der Waals surface area contributed by atoms with Gasteiger partial charge >= 0.3 is 0 Å². The summed E-state index contributed by atoms with van der Waals surface area (Å²) in [6.45, 7) is 4.37. The van der Waals surface area contributed by atoms with Gasteiger partial charge in [0.15, 0.2) is 0 Å². The number of rotatable bonds is 6. The molecule has 110 valence electrons. The molecule has 3 nitrogen and oxygen atoms in total. The van der Waals surface area contributed by atoms with Crippen LogP contribution in [0.25, 0.3) is 0 Å². The number of anilines is 1. The quantitative estimate of drug-likeness (QED) is 0.835. The van der Waals surface area contributed by atoms with E-state index in [1.54, 1.807) is 0 Å². The lowest BCUT2D eigenvalue weighted by Crippen LogP contribution is -2.28. The van der Waals surface area contributed by atoms with E-state index in [9.17, 15) is 4.79 Å². The minimum Gasteiger partial charge on any atom is -0.326 e. The monoisotopic (exact) mass is 274 g/mol. The molecule has 1 fully saturated rings. The van der Waals surface area contributed by atoms with Crippen LogP contribution in [0, 0.1) is 5.92 Å². The fraction of sp³-hybridized carbons (Fsp3) is 0.588. The smallest absolute Gasteiger partial charge is 0.224 e. The Bertz CT molecular complexity index is 425. The number of piperidine rings is 1. The molecule has 0 atom stereocenters. The van der Waals surface area contributed by atoms with Crippen molar-refractivity contribution < 1.29 is 4.79 Å². The second-order valence-corrected chi connectivity index (χ2v) is 5.69. The summed E-state index contributed by atoms with van der Waals surface area (Å²) in [6.07, 6.45) is 6.20. The molecule has 3 heteroatoms. The number of hydrogen-bond donors (Lipinski definition) is 2. The van der Waals surface area contributed by atoms with Crippen molar-refractivity contribution in [3.63, 3.8) is 0 Å². The maximum Gasteiger partial charge on any atom is 0.224 e. The van der Waals surface area contributed by atoms with Crippen molar-refractivity contribution >= 4 is 11.6 Å². The van der Waals surface area contributed by atoms with Gasteiger partial charge in [0.1, 0.15) is 0 Å². The van der Waals surface area contributed by atoms with Gasteiger partial charge in [-0.25, -0.2) is 0 Å². The van der Waals surface area contributed by atoms with Crippen molar-refractivity contribution in [3.8, 4) is 0 Å². The molecule has 1 aromatic carbocycles. The Balaban J connectivity index is 1.81. The standard InChI is InChI=1S/C17H26N2O/c1-2-5-15-6-3-4-7-16(15)19-17(20)9-8-14-10-12-18-13-11-14/h3-4,6-7,14,18H,2,5,8-13H2,1H3,(H,19,20). The summed E-state index contributed by atoms with van der Waals surface area (Å²) < 4.78 is 0. The maximum absolute atomic E-state index is 12.1.